The summed E-state index contributed by atoms with van der Waals surface area (Å²) in [5, 5.41) is 0. The third-order valence-corrected chi connectivity index (χ3v) is 5.64. The smallest absolute Gasteiger partial charge is 0.150 e. The van der Waals surface area contributed by atoms with Crippen LogP contribution in [0.1, 0.15) is 18.9 Å². The lowest BCUT2D eigenvalue weighted by Crippen LogP contribution is -2.15. The number of alkyl halides is 1. The fourth-order valence-electron chi connectivity index (χ4n) is 1.68. The largest absolute Gasteiger partial charge is 0.229 e. The van der Waals surface area contributed by atoms with E-state index in [0.29, 0.717) is 12.3 Å². The second kappa shape index (κ2) is 7.51. The van der Waals surface area contributed by atoms with E-state index in [9.17, 15) is 8.42 Å². The van der Waals surface area contributed by atoms with Crippen molar-refractivity contribution in [2.24, 2.45) is 5.92 Å². The maximum absolute atomic E-state index is 11.5. The van der Waals surface area contributed by atoms with E-state index in [4.69, 9.17) is 11.6 Å². The normalized spacial score (nSPS) is 13.5. The molecule has 0 N–H and O–H groups in total. The van der Waals surface area contributed by atoms with E-state index in [2.05, 4.69) is 15.9 Å². The average molecular weight is 354 g/mol. The van der Waals surface area contributed by atoms with Gasteiger partial charge in [-0.2, -0.15) is 0 Å². The molecule has 0 saturated heterocycles. The van der Waals surface area contributed by atoms with Crippen molar-refractivity contribution in [1.82, 2.24) is 0 Å². The molecular weight excluding hydrogens is 336 g/mol. The molecule has 0 saturated carbocycles. The van der Waals surface area contributed by atoms with Crippen LogP contribution in [0.5, 0.6) is 0 Å². The van der Waals surface area contributed by atoms with Gasteiger partial charge < -0.3 is 0 Å². The molecule has 1 rings (SSSR count). The Morgan fingerprint density at radius 2 is 1.89 bits per heavy atom. The zero-order valence-corrected chi connectivity index (χ0v) is 13.6. The van der Waals surface area contributed by atoms with Crippen molar-refractivity contribution in [3.8, 4) is 0 Å². The summed E-state index contributed by atoms with van der Waals surface area (Å²) in [4.78, 5) is 0. The van der Waals surface area contributed by atoms with Gasteiger partial charge in [-0.05, 0) is 36.5 Å². The van der Waals surface area contributed by atoms with Crippen LogP contribution < -0.4 is 0 Å². The van der Waals surface area contributed by atoms with Crippen LogP contribution in [-0.2, 0) is 16.3 Å². The SMILES string of the molecule is CCS(=O)(=O)CCC(CCl)Cc1ccc(Br)cc1. The highest BCUT2D eigenvalue weighted by molar-refractivity contribution is 9.10. The molecule has 0 aromatic heterocycles. The lowest BCUT2D eigenvalue weighted by molar-refractivity contribution is 0.548. The van der Waals surface area contributed by atoms with Crippen LogP contribution >= 0.6 is 27.5 Å². The number of benzene rings is 1. The molecule has 0 heterocycles. The van der Waals surface area contributed by atoms with Gasteiger partial charge in [-0.1, -0.05) is 35.0 Å². The Kier molecular flexibility index (Phi) is 6.67. The van der Waals surface area contributed by atoms with Crippen molar-refractivity contribution in [3.63, 3.8) is 0 Å². The van der Waals surface area contributed by atoms with Gasteiger partial charge in [0.1, 0.15) is 9.84 Å². The number of sulfone groups is 1. The molecule has 5 heteroatoms. The van der Waals surface area contributed by atoms with Gasteiger partial charge in [-0.15, -0.1) is 11.6 Å². The first-order valence-corrected chi connectivity index (χ1v) is 9.12. The Bertz CT molecular complexity index is 456. The van der Waals surface area contributed by atoms with Crippen LogP contribution in [-0.4, -0.2) is 25.8 Å². The maximum atomic E-state index is 11.5. The standard InChI is InChI=1S/C13H18BrClO2S/c1-2-18(16,17)8-7-12(10-15)9-11-3-5-13(14)6-4-11/h3-6,12H,2,7-10H2,1H3. The summed E-state index contributed by atoms with van der Waals surface area (Å²) in [7, 11) is -2.89. The molecule has 0 bridgehead atoms. The predicted molar refractivity (Wildman–Crippen MR) is 81.0 cm³/mol. The predicted octanol–water partition coefficient (Wildman–Crippen LogP) is 3.67. The first kappa shape index (κ1) is 16.0. The summed E-state index contributed by atoms with van der Waals surface area (Å²) in [6.07, 6.45) is 1.46. The van der Waals surface area contributed by atoms with E-state index < -0.39 is 9.84 Å². The molecule has 0 spiro atoms. The number of halogens is 2. The average Bonchev–Trinajstić information content (AvgIpc) is 2.37. The molecule has 0 aliphatic carbocycles. The molecule has 0 aliphatic heterocycles. The Morgan fingerprint density at radius 1 is 1.28 bits per heavy atom. The van der Waals surface area contributed by atoms with Gasteiger partial charge in [0.15, 0.2) is 0 Å². The summed E-state index contributed by atoms with van der Waals surface area (Å²) in [6.45, 7) is 1.68. The van der Waals surface area contributed by atoms with Crippen molar-refractivity contribution in [3.05, 3.63) is 34.3 Å². The molecule has 0 fully saturated rings. The highest BCUT2D eigenvalue weighted by Crippen LogP contribution is 2.17. The van der Waals surface area contributed by atoms with Gasteiger partial charge in [-0.25, -0.2) is 8.42 Å². The second-order valence-electron chi connectivity index (χ2n) is 4.38. The van der Waals surface area contributed by atoms with E-state index >= 15 is 0 Å². The first-order valence-electron chi connectivity index (χ1n) is 5.97. The second-order valence-corrected chi connectivity index (χ2v) is 8.07. The van der Waals surface area contributed by atoms with Crippen LogP contribution in [0, 0.1) is 5.92 Å². The van der Waals surface area contributed by atoms with Crippen LogP contribution in [0.3, 0.4) is 0 Å². The molecule has 1 aromatic rings. The molecule has 0 radical (unpaired) electrons. The van der Waals surface area contributed by atoms with Crippen molar-refractivity contribution in [2.45, 2.75) is 19.8 Å². The zero-order chi connectivity index (χ0) is 13.6. The molecule has 18 heavy (non-hydrogen) atoms. The Balaban J connectivity index is 2.54. The van der Waals surface area contributed by atoms with Crippen LogP contribution in [0.25, 0.3) is 0 Å². The van der Waals surface area contributed by atoms with Crippen molar-refractivity contribution < 1.29 is 8.42 Å². The van der Waals surface area contributed by atoms with Crippen LogP contribution in [0.15, 0.2) is 28.7 Å². The Labute approximate surface area is 123 Å². The van der Waals surface area contributed by atoms with Gasteiger partial charge in [0.05, 0.1) is 5.75 Å². The quantitative estimate of drug-likeness (QED) is 0.701. The zero-order valence-electron chi connectivity index (χ0n) is 10.4. The lowest BCUT2D eigenvalue weighted by Gasteiger charge is -2.13. The van der Waals surface area contributed by atoms with Gasteiger partial charge in [0.25, 0.3) is 0 Å². The van der Waals surface area contributed by atoms with Gasteiger partial charge in [0.2, 0.25) is 0 Å². The molecule has 1 unspecified atom stereocenters. The molecule has 2 nitrogen and oxygen atoms in total. The summed E-state index contributed by atoms with van der Waals surface area (Å²) >= 11 is 9.31. The van der Waals surface area contributed by atoms with Crippen LogP contribution in [0.4, 0.5) is 0 Å². The van der Waals surface area contributed by atoms with E-state index in [0.717, 1.165) is 10.9 Å². The minimum Gasteiger partial charge on any atom is -0.229 e. The molecular formula is C13H18BrClO2S. The summed E-state index contributed by atoms with van der Waals surface area (Å²) < 4.78 is 24.0. The minimum absolute atomic E-state index is 0.209. The van der Waals surface area contributed by atoms with Gasteiger partial charge in [-0.3, -0.25) is 0 Å². The summed E-state index contributed by atoms with van der Waals surface area (Å²) in [5.41, 5.74) is 1.19. The molecule has 0 amide bonds. The van der Waals surface area contributed by atoms with E-state index in [-0.39, 0.29) is 17.4 Å². The Morgan fingerprint density at radius 3 is 2.39 bits per heavy atom. The van der Waals surface area contributed by atoms with Gasteiger partial charge in [0, 0.05) is 16.1 Å². The van der Waals surface area contributed by atoms with E-state index in [1.165, 1.54) is 5.56 Å². The third kappa shape index (κ3) is 5.72. The molecule has 1 aromatic carbocycles. The number of hydrogen-bond acceptors (Lipinski definition) is 2. The fourth-order valence-corrected chi connectivity index (χ4v) is 3.19. The van der Waals surface area contributed by atoms with Crippen LogP contribution in [0.2, 0.25) is 0 Å². The highest BCUT2D eigenvalue weighted by Gasteiger charge is 2.14. The number of rotatable bonds is 7. The van der Waals surface area contributed by atoms with Crippen molar-refractivity contribution >= 4 is 37.4 Å². The van der Waals surface area contributed by atoms with Crippen molar-refractivity contribution in [2.75, 3.05) is 17.4 Å². The number of hydrogen-bond donors (Lipinski definition) is 0. The molecule has 0 aliphatic rings. The topological polar surface area (TPSA) is 34.1 Å². The summed E-state index contributed by atoms with van der Waals surface area (Å²) in [5.74, 6) is 1.15. The third-order valence-electron chi connectivity index (χ3n) is 2.93. The fraction of sp³-hybridized carbons (Fsp3) is 0.538. The highest BCUT2D eigenvalue weighted by atomic mass is 79.9. The first-order chi connectivity index (χ1) is 8.46. The molecule has 1 atom stereocenters. The molecule has 102 valence electrons. The minimum atomic E-state index is -2.89. The summed E-state index contributed by atoms with van der Waals surface area (Å²) in [6, 6.07) is 8.06. The lowest BCUT2D eigenvalue weighted by atomic mass is 9.99. The maximum Gasteiger partial charge on any atom is 0.150 e. The van der Waals surface area contributed by atoms with E-state index in [1.54, 1.807) is 6.92 Å². The Hall–Kier alpha value is -0.0600. The monoisotopic (exact) mass is 352 g/mol. The van der Waals surface area contributed by atoms with Crippen molar-refractivity contribution in [1.29, 1.82) is 0 Å². The van der Waals surface area contributed by atoms with E-state index in [1.807, 2.05) is 24.3 Å². The van der Waals surface area contributed by atoms with Gasteiger partial charge >= 0.3 is 0 Å².